The molecule has 6 nitrogen and oxygen atoms in total. The van der Waals surface area contributed by atoms with Crippen LogP contribution in [0.15, 0.2) is 85.1 Å². The van der Waals surface area contributed by atoms with Crippen molar-refractivity contribution >= 4 is 16.0 Å². The zero-order valence-corrected chi connectivity index (χ0v) is 31.8. The lowest BCUT2D eigenvalue weighted by atomic mass is 10.1. The second-order valence-electron chi connectivity index (χ2n) is 12.8. The molecule has 7 heteroatoms. The van der Waals surface area contributed by atoms with Crippen molar-refractivity contribution in [3.8, 4) is 0 Å². The number of carbonyl (C=O) groups is 1. The van der Waals surface area contributed by atoms with Crippen LogP contribution in [0.1, 0.15) is 155 Å². The zero-order chi connectivity index (χ0) is 36.1. The second-order valence-corrected chi connectivity index (χ2v) is 14.3. The number of aliphatic hydroxyl groups excluding tert-OH is 1. The van der Waals surface area contributed by atoms with Gasteiger partial charge in [-0.05, 0) is 83.5 Å². The third kappa shape index (κ3) is 36.6. The van der Waals surface area contributed by atoms with Crippen LogP contribution in [0.2, 0.25) is 0 Å². The average molecular weight is 702 g/mol. The molecule has 0 heterocycles. The molecule has 0 aromatic heterocycles. The summed E-state index contributed by atoms with van der Waals surface area (Å²) in [5, 5.41) is 13.2. The summed E-state index contributed by atoms with van der Waals surface area (Å²) in [7, 11) is -4.37. The van der Waals surface area contributed by atoms with Crippen LogP contribution in [-0.2, 0) is 14.9 Å². The first-order valence-corrected chi connectivity index (χ1v) is 20.9. The second kappa shape index (κ2) is 35.3. The molecule has 0 spiro atoms. The lowest BCUT2D eigenvalue weighted by Crippen LogP contribution is -2.46. The van der Waals surface area contributed by atoms with Gasteiger partial charge < -0.3 is 10.4 Å². The van der Waals surface area contributed by atoms with Gasteiger partial charge in [0.05, 0.1) is 17.9 Å². The Hall–Kier alpha value is -2.48. The van der Waals surface area contributed by atoms with E-state index >= 15 is 0 Å². The van der Waals surface area contributed by atoms with Crippen molar-refractivity contribution < 1.29 is 22.9 Å². The van der Waals surface area contributed by atoms with E-state index in [4.69, 9.17) is 0 Å². The topological polar surface area (TPSA) is 104 Å². The molecule has 0 saturated heterocycles. The summed E-state index contributed by atoms with van der Waals surface area (Å²) in [6.45, 7) is 4.38. The zero-order valence-electron chi connectivity index (χ0n) is 31.0. The van der Waals surface area contributed by atoms with E-state index < -0.39 is 28.0 Å². The normalized spacial score (nSPS) is 14.3. The highest BCUT2D eigenvalue weighted by Gasteiger charge is 2.24. The predicted octanol–water partition coefficient (Wildman–Crippen LogP) is 11.2. The summed E-state index contributed by atoms with van der Waals surface area (Å²) in [6, 6.07) is -1.09. The quantitative estimate of drug-likeness (QED) is 0.0359. The van der Waals surface area contributed by atoms with E-state index in [1.54, 1.807) is 6.08 Å². The molecule has 0 aromatic rings. The van der Waals surface area contributed by atoms with Crippen LogP contribution in [0, 0.1) is 0 Å². The van der Waals surface area contributed by atoms with Gasteiger partial charge in [-0.3, -0.25) is 9.35 Å². The molecule has 3 N–H and O–H groups in total. The van der Waals surface area contributed by atoms with Crippen LogP contribution in [0.3, 0.4) is 0 Å². The Morgan fingerprint density at radius 2 is 1.00 bits per heavy atom. The summed E-state index contributed by atoms with van der Waals surface area (Å²) in [5.41, 5.74) is 0. The molecule has 2 atom stereocenters. The van der Waals surface area contributed by atoms with Crippen molar-refractivity contribution in [3.63, 3.8) is 0 Å². The van der Waals surface area contributed by atoms with Gasteiger partial charge in [-0.2, -0.15) is 8.42 Å². The first-order chi connectivity index (χ1) is 23.8. The number of hydrogen-bond acceptors (Lipinski definition) is 4. The molecule has 280 valence electrons. The molecule has 0 bridgehead atoms. The van der Waals surface area contributed by atoms with Crippen LogP contribution in [-0.4, -0.2) is 41.9 Å². The number of nitrogens with one attached hydrogen (secondary N) is 1. The Bertz CT molecular complexity index is 1080. The van der Waals surface area contributed by atoms with Crippen LogP contribution in [0.5, 0.6) is 0 Å². The maximum atomic E-state index is 12.5. The number of hydrogen-bond donors (Lipinski definition) is 3. The molecule has 49 heavy (non-hydrogen) atoms. The van der Waals surface area contributed by atoms with Gasteiger partial charge in [-0.25, -0.2) is 0 Å². The fraction of sp³-hybridized carbons (Fsp3) is 0.643. The number of aliphatic hydroxyl groups is 1. The summed E-state index contributed by atoms with van der Waals surface area (Å²) in [4.78, 5) is 12.5. The highest BCUT2D eigenvalue weighted by atomic mass is 32.2. The molecular formula is C42H71NO5S. The van der Waals surface area contributed by atoms with Crippen molar-refractivity contribution in [1.82, 2.24) is 5.32 Å². The molecule has 0 radical (unpaired) electrons. The van der Waals surface area contributed by atoms with Crippen molar-refractivity contribution in [2.75, 3.05) is 5.75 Å². The molecule has 0 rings (SSSR count). The first-order valence-electron chi connectivity index (χ1n) is 19.3. The minimum absolute atomic E-state index is 0.263. The van der Waals surface area contributed by atoms with E-state index in [1.165, 1.54) is 38.2 Å². The fourth-order valence-corrected chi connectivity index (χ4v) is 5.91. The standard InChI is InChI=1S/C42H71NO5S/c1-3-5-7-9-11-13-15-17-19-20-21-22-24-26-28-30-32-34-36-38-42(45)43-40(39-49(46,47)48)41(44)37-35-33-31-29-27-25-23-18-16-14-12-10-8-6-4-2/h5,7,11,13,16-19,21-22,27,29,35,37,40-41,44H,3-4,6,8-10,12,14-15,20,23-26,28,30-34,36,38-39H2,1-2H3,(H,43,45)(H,46,47,48)/b7-5-,13-11-,18-16+,19-17-,22-21-,29-27+,37-35+. The van der Waals surface area contributed by atoms with E-state index in [2.05, 4.69) is 92.1 Å². The van der Waals surface area contributed by atoms with Gasteiger partial charge in [0.1, 0.15) is 0 Å². The molecule has 0 aliphatic rings. The van der Waals surface area contributed by atoms with E-state index in [9.17, 15) is 22.9 Å². The number of amides is 1. The lowest BCUT2D eigenvalue weighted by Gasteiger charge is -2.21. The summed E-state index contributed by atoms with van der Waals surface area (Å²) < 4.78 is 32.4. The maximum Gasteiger partial charge on any atom is 0.267 e. The monoisotopic (exact) mass is 702 g/mol. The first kappa shape index (κ1) is 46.5. The third-order valence-electron chi connectivity index (χ3n) is 8.03. The van der Waals surface area contributed by atoms with Crippen LogP contribution in [0.4, 0.5) is 0 Å². The number of rotatable bonds is 33. The lowest BCUT2D eigenvalue weighted by molar-refractivity contribution is -0.122. The van der Waals surface area contributed by atoms with Gasteiger partial charge in [0, 0.05) is 6.42 Å². The Balaban J connectivity index is 4.08. The van der Waals surface area contributed by atoms with Crippen LogP contribution in [0.25, 0.3) is 0 Å². The SMILES string of the molecule is CC/C=C\C/C=C\C/C=C\C/C=C\CCCCCCCCC(=O)NC(CS(=O)(=O)O)C(O)/C=C/CC/C=C/CC/C=C/CCCCCCC. The Labute approximate surface area is 301 Å². The van der Waals surface area contributed by atoms with Gasteiger partial charge in [-0.15, -0.1) is 0 Å². The molecule has 0 aliphatic heterocycles. The number of carbonyl (C=O) groups excluding carboxylic acids is 1. The van der Waals surface area contributed by atoms with Gasteiger partial charge in [0.2, 0.25) is 5.91 Å². The highest BCUT2D eigenvalue weighted by Crippen LogP contribution is 2.11. The number of allylic oxidation sites excluding steroid dienone is 13. The van der Waals surface area contributed by atoms with Crippen molar-refractivity contribution in [1.29, 1.82) is 0 Å². The molecule has 0 aliphatic carbocycles. The average Bonchev–Trinajstić information content (AvgIpc) is 3.06. The summed E-state index contributed by atoms with van der Waals surface area (Å²) >= 11 is 0. The molecule has 1 amide bonds. The van der Waals surface area contributed by atoms with Gasteiger partial charge >= 0.3 is 0 Å². The summed E-state index contributed by atoms with van der Waals surface area (Å²) in [5.74, 6) is -1.04. The fourth-order valence-electron chi connectivity index (χ4n) is 5.18. The Kier molecular flexibility index (Phi) is 33.6. The largest absolute Gasteiger partial charge is 0.387 e. The Morgan fingerprint density at radius 3 is 1.53 bits per heavy atom. The number of unbranched alkanes of at least 4 members (excludes halogenated alkanes) is 13. The van der Waals surface area contributed by atoms with E-state index in [-0.39, 0.29) is 12.3 Å². The predicted molar refractivity (Wildman–Crippen MR) is 211 cm³/mol. The highest BCUT2D eigenvalue weighted by molar-refractivity contribution is 7.85. The van der Waals surface area contributed by atoms with E-state index in [0.717, 1.165) is 89.9 Å². The molecule has 0 fully saturated rings. The smallest absolute Gasteiger partial charge is 0.267 e. The molecular weight excluding hydrogens is 631 g/mol. The van der Waals surface area contributed by atoms with Gasteiger partial charge in [0.15, 0.2) is 0 Å². The minimum atomic E-state index is -4.37. The molecule has 0 aromatic carbocycles. The van der Waals surface area contributed by atoms with Crippen molar-refractivity contribution in [2.24, 2.45) is 0 Å². The van der Waals surface area contributed by atoms with Crippen molar-refractivity contribution in [3.05, 3.63) is 85.1 Å². The van der Waals surface area contributed by atoms with Crippen molar-refractivity contribution in [2.45, 2.75) is 167 Å². The molecule has 0 saturated carbocycles. The van der Waals surface area contributed by atoms with Crippen LogP contribution >= 0.6 is 0 Å². The van der Waals surface area contributed by atoms with E-state index in [0.29, 0.717) is 12.8 Å². The Morgan fingerprint density at radius 1 is 0.571 bits per heavy atom. The molecule has 2 unspecified atom stereocenters. The van der Waals surface area contributed by atoms with Crippen LogP contribution < -0.4 is 5.32 Å². The maximum absolute atomic E-state index is 12.5. The summed E-state index contributed by atoms with van der Waals surface area (Å²) in [6.07, 6.45) is 51.3. The third-order valence-corrected chi connectivity index (χ3v) is 8.81. The van der Waals surface area contributed by atoms with Gasteiger partial charge in [-0.1, -0.05) is 150 Å². The minimum Gasteiger partial charge on any atom is -0.387 e. The van der Waals surface area contributed by atoms with E-state index in [1.807, 2.05) is 0 Å². The van der Waals surface area contributed by atoms with Gasteiger partial charge in [0.25, 0.3) is 10.1 Å².